The average Bonchev–Trinajstić information content (AvgIpc) is 3.01. The summed E-state index contributed by atoms with van der Waals surface area (Å²) >= 11 is 0. The first-order valence-electron chi connectivity index (χ1n) is 6.15. The number of anilines is 1. The van der Waals surface area contributed by atoms with Crippen LogP contribution in [0.25, 0.3) is 11.5 Å². The smallest absolute Gasteiger partial charge is 0.156 e. The van der Waals surface area contributed by atoms with Gasteiger partial charge in [0.05, 0.1) is 18.5 Å². The number of benzene rings is 1. The van der Waals surface area contributed by atoms with Crippen LogP contribution in [0, 0.1) is 6.92 Å². The molecular formula is C15H15N3O. The van der Waals surface area contributed by atoms with Crippen LogP contribution in [-0.4, -0.2) is 9.78 Å². The molecule has 2 aromatic heterocycles. The van der Waals surface area contributed by atoms with Crippen molar-refractivity contribution in [1.29, 1.82) is 0 Å². The molecule has 3 aromatic rings. The summed E-state index contributed by atoms with van der Waals surface area (Å²) in [6, 6.07) is 11.9. The topological polar surface area (TPSA) is 57.0 Å². The minimum Gasteiger partial charge on any atom is -0.463 e. The Labute approximate surface area is 111 Å². The summed E-state index contributed by atoms with van der Waals surface area (Å²) in [4.78, 5) is 0. The third-order valence-corrected chi connectivity index (χ3v) is 3.14. The molecule has 4 nitrogen and oxygen atoms in total. The Morgan fingerprint density at radius 3 is 2.79 bits per heavy atom. The van der Waals surface area contributed by atoms with Gasteiger partial charge in [-0.1, -0.05) is 24.3 Å². The largest absolute Gasteiger partial charge is 0.463 e. The highest BCUT2D eigenvalue weighted by Gasteiger charge is 2.11. The van der Waals surface area contributed by atoms with Crippen LogP contribution in [0.2, 0.25) is 0 Å². The zero-order chi connectivity index (χ0) is 13.2. The lowest BCUT2D eigenvalue weighted by atomic mass is 10.1. The van der Waals surface area contributed by atoms with Gasteiger partial charge in [-0.15, -0.1) is 0 Å². The first-order valence-corrected chi connectivity index (χ1v) is 6.15. The molecule has 0 saturated carbocycles. The quantitative estimate of drug-likeness (QED) is 0.780. The molecule has 2 heterocycles. The number of furan rings is 1. The van der Waals surface area contributed by atoms with E-state index in [9.17, 15) is 0 Å². The Morgan fingerprint density at radius 1 is 1.21 bits per heavy atom. The van der Waals surface area contributed by atoms with Crippen LogP contribution in [0.5, 0.6) is 0 Å². The first-order chi connectivity index (χ1) is 9.24. The van der Waals surface area contributed by atoms with Gasteiger partial charge in [0.2, 0.25) is 0 Å². The van der Waals surface area contributed by atoms with Crippen molar-refractivity contribution in [2.24, 2.45) is 0 Å². The van der Waals surface area contributed by atoms with Gasteiger partial charge in [-0.25, -0.2) is 0 Å². The highest BCUT2D eigenvalue weighted by molar-refractivity contribution is 5.67. The summed E-state index contributed by atoms with van der Waals surface area (Å²) in [7, 11) is 0. The molecular weight excluding hydrogens is 238 g/mol. The third-order valence-electron chi connectivity index (χ3n) is 3.14. The van der Waals surface area contributed by atoms with Gasteiger partial charge in [0.1, 0.15) is 0 Å². The van der Waals surface area contributed by atoms with E-state index in [1.54, 1.807) is 6.26 Å². The number of rotatable bonds is 3. The molecule has 3 rings (SSSR count). The van der Waals surface area contributed by atoms with Crippen molar-refractivity contribution in [1.82, 2.24) is 9.78 Å². The second-order valence-electron chi connectivity index (χ2n) is 4.53. The number of nitrogens with zero attached hydrogens (tertiary/aromatic N) is 2. The fraction of sp³-hybridized carbons (Fsp3) is 0.133. The lowest BCUT2D eigenvalue weighted by Crippen LogP contribution is -2.01. The highest BCUT2D eigenvalue weighted by atomic mass is 16.3. The monoisotopic (exact) mass is 253 g/mol. The number of aromatic nitrogens is 2. The first kappa shape index (κ1) is 11.6. The molecule has 0 aliphatic rings. The SMILES string of the molecule is Cc1ccccc1Cn1cc(N)c(-c2ccco2)n1. The molecule has 0 radical (unpaired) electrons. The lowest BCUT2D eigenvalue weighted by Gasteiger charge is -2.05. The van der Waals surface area contributed by atoms with E-state index in [1.165, 1.54) is 11.1 Å². The van der Waals surface area contributed by atoms with E-state index < -0.39 is 0 Å². The van der Waals surface area contributed by atoms with Crippen LogP contribution in [0.4, 0.5) is 5.69 Å². The summed E-state index contributed by atoms with van der Waals surface area (Å²) < 4.78 is 7.17. The average molecular weight is 253 g/mol. The van der Waals surface area contributed by atoms with E-state index in [2.05, 4.69) is 24.2 Å². The minimum atomic E-state index is 0.628. The Kier molecular flexibility index (Phi) is 2.83. The molecule has 1 aromatic carbocycles. The van der Waals surface area contributed by atoms with E-state index in [4.69, 9.17) is 10.2 Å². The molecule has 96 valence electrons. The van der Waals surface area contributed by atoms with Crippen LogP contribution < -0.4 is 5.73 Å². The van der Waals surface area contributed by atoms with E-state index in [0.29, 0.717) is 23.7 Å². The van der Waals surface area contributed by atoms with Crippen molar-refractivity contribution in [3.8, 4) is 11.5 Å². The number of aryl methyl sites for hydroxylation is 1. The van der Waals surface area contributed by atoms with Gasteiger partial charge < -0.3 is 10.2 Å². The van der Waals surface area contributed by atoms with Crippen LogP contribution >= 0.6 is 0 Å². The summed E-state index contributed by atoms with van der Waals surface area (Å²) in [6.45, 7) is 2.80. The predicted molar refractivity (Wildman–Crippen MR) is 74.6 cm³/mol. The fourth-order valence-corrected chi connectivity index (χ4v) is 2.08. The van der Waals surface area contributed by atoms with Crippen molar-refractivity contribution in [2.75, 3.05) is 5.73 Å². The number of nitrogens with two attached hydrogens (primary N) is 1. The number of nitrogen functional groups attached to an aromatic ring is 1. The normalized spacial score (nSPS) is 10.8. The van der Waals surface area contributed by atoms with Crippen LogP contribution in [0.15, 0.2) is 53.3 Å². The van der Waals surface area contributed by atoms with Gasteiger partial charge in [0, 0.05) is 6.20 Å². The molecule has 0 aliphatic carbocycles. The number of hydrogen-bond acceptors (Lipinski definition) is 3. The highest BCUT2D eigenvalue weighted by Crippen LogP contribution is 2.24. The minimum absolute atomic E-state index is 0.628. The Balaban J connectivity index is 1.91. The molecule has 2 N–H and O–H groups in total. The molecule has 0 saturated heterocycles. The van der Waals surface area contributed by atoms with Gasteiger partial charge in [-0.2, -0.15) is 5.10 Å². The maximum Gasteiger partial charge on any atom is 0.156 e. The molecule has 0 atom stereocenters. The maximum absolute atomic E-state index is 5.98. The zero-order valence-corrected chi connectivity index (χ0v) is 10.7. The van der Waals surface area contributed by atoms with Crippen molar-refractivity contribution in [3.63, 3.8) is 0 Å². The van der Waals surface area contributed by atoms with Gasteiger partial charge in [-0.3, -0.25) is 4.68 Å². The zero-order valence-electron chi connectivity index (χ0n) is 10.7. The van der Waals surface area contributed by atoms with Crippen LogP contribution in [0.1, 0.15) is 11.1 Å². The van der Waals surface area contributed by atoms with E-state index in [1.807, 2.05) is 35.1 Å². The standard InChI is InChI=1S/C15H15N3O/c1-11-5-2-3-6-12(11)9-18-10-13(16)15(17-18)14-7-4-8-19-14/h2-8,10H,9,16H2,1H3. The number of hydrogen-bond donors (Lipinski definition) is 1. The van der Waals surface area contributed by atoms with E-state index in [0.717, 1.165) is 0 Å². The third kappa shape index (κ3) is 2.25. The molecule has 0 unspecified atom stereocenters. The summed E-state index contributed by atoms with van der Waals surface area (Å²) in [5.41, 5.74) is 9.78. The Bertz CT molecular complexity index is 683. The predicted octanol–water partition coefficient (Wildman–Crippen LogP) is 3.08. The molecule has 0 fully saturated rings. The molecule has 0 amide bonds. The molecule has 4 heteroatoms. The molecule has 0 spiro atoms. The van der Waals surface area contributed by atoms with Crippen LogP contribution in [0.3, 0.4) is 0 Å². The second kappa shape index (κ2) is 4.65. The van der Waals surface area contributed by atoms with E-state index >= 15 is 0 Å². The van der Waals surface area contributed by atoms with Crippen molar-refractivity contribution in [3.05, 3.63) is 60.0 Å². The van der Waals surface area contributed by atoms with Crippen molar-refractivity contribution < 1.29 is 4.42 Å². The summed E-state index contributed by atoms with van der Waals surface area (Å²) in [5, 5.41) is 4.49. The Morgan fingerprint density at radius 2 is 2.05 bits per heavy atom. The van der Waals surface area contributed by atoms with E-state index in [-0.39, 0.29) is 0 Å². The lowest BCUT2D eigenvalue weighted by molar-refractivity contribution is 0.576. The summed E-state index contributed by atoms with van der Waals surface area (Å²) in [6.07, 6.45) is 3.46. The second-order valence-corrected chi connectivity index (χ2v) is 4.53. The fourth-order valence-electron chi connectivity index (χ4n) is 2.08. The Hall–Kier alpha value is -2.49. The van der Waals surface area contributed by atoms with Gasteiger partial charge in [-0.05, 0) is 30.2 Å². The van der Waals surface area contributed by atoms with Gasteiger partial charge in [0.15, 0.2) is 11.5 Å². The van der Waals surface area contributed by atoms with Crippen molar-refractivity contribution in [2.45, 2.75) is 13.5 Å². The van der Waals surface area contributed by atoms with Crippen LogP contribution in [-0.2, 0) is 6.54 Å². The molecule has 0 aliphatic heterocycles. The van der Waals surface area contributed by atoms with Crippen molar-refractivity contribution >= 4 is 5.69 Å². The molecule has 19 heavy (non-hydrogen) atoms. The van der Waals surface area contributed by atoms with Gasteiger partial charge >= 0.3 is 0 Å². The molecule has 0 bridgehead atoms. The van der Waals surface area contributed by atoms with Gasteiger partial charge in [0.25, 0.3) is 0 Å². The maximum atomic E-state index is 5.98. The summed E-state index contributed by atoms with van der Waals surface area (Å²) in [5.74, 6) is 0.695.